The smallest absolute Gasteiger partial charge is 0.349 e. The molecule has 1 N–H and O–H groups in total. The maximum Gasteiger partial charge on any atom is 0.349 e. The fourth-order valence-corrected chi connectivity index (χ4v) is 3.62. The Kier molecular flexibility index (Phi) is 4.77. The highest BCUT2D eigenvalue weighted by Crippen LogP contribution is 2.28. The molecular weight excluding hydrogens is 363 g/mol. The Morgan fingerprint density at radius 3 is 2.86 bits per heavy atom. The van der Waals surface area contributed by atoms with Gasteiger partial charge in [0.25, 0.3) is 5.91 Å². The Labute approximate surface area is 160 Å². The van der Waals surface area contributed by atoms with Crippen LogP contribution in [0.5, 0.6) is 0 Å². The summed E-state index contributed by atoms with van der Waals surface area (Å²) >= 11 is 0. The molecule has 6 nitrogen and oxygen atoms in total. The monoisotopic (exact) mass is 384 g/mol. The van der Waals surface area contributed by atoms with Crippen molar-refractivity contribution in [1.29, 1.82) is 0 Å². The maximum atomic E-state index is 13.4. The third-order valence-corrected chi connectivity index (χ3v) is 5.02. The van der Waals surface area contributed by atoms with E-state index in [1.54, 1.807) is 32.2 Å². The van der Waals surface area contributed by atoms with Gasteiger partial charge in [0.15, 0.2) is 0 Å². The van der Waals surface area contributed by atoms with Crippen molar-refractivity contribution in [2.45, 2.75) is 32.4 Å². The first-order chi connectivity index (χ1) is 13.4. The molecule has 1 aliphatic rings. The first-order valence-electron chi connectivity index (χ1n) is 9.21. The van der Waals surface area contributed by atoms with Gasteiger partial charge in [-0.05, 0) is 55.7 Å². The standard InChI is InChI=1S/C21H21FN2O4/c1-12-8-18(17-4-3-7-27-17)28-21(26)19(12)20(25)24(2)11-15-10-13-9-14(22)5-6-16(13)23-15/h5-6,8-10,17,23H,3-4,7,11H2,1-2H3. The highest BCUT2D eigenvalue weighted by molar-refractivity contribution is 5.95. The van der Waals surface area contributed by atoms with Crippen LogP contribution in [0.15, 0.2) is 39.5 Å². The molecule has 1 fully saturated rings. The van der Waals surface area contributed by atoms with Crippen LogP contribution in [0.25, 0.3) is 10.9 Å². The molecule has 1 aromatic carbocycles. The molecule has 4 rings (SSSR count). The zero-order valence-corrected chi connectivity index (χ0v) is 15.8. The number of benzene rings is 1. The molecule has 3 heterocycles. The second-order valence-corrected chi connectivity index (χ2v) is 7.18. The number of nitrogens with zero attached hydrogens (tertiary/aromatic N) is 1. The van der Waals surface area contributed by atoms with Crippen LogP contribution < -0.4 is 5.63 Å². The molecule has 0 radical (unpaired) electrons. The van der Waals surface area contributed by atoms with E-state index in [0.717, 1.165) is 29.4 Å². The summed E-state index contributed by atoms with van der Waals surface area (Å²) in [6, 6.07) is 7.96. The second-order valence-electron chi connectivity index (χ2n) is 7.18. The van der Waals surface area contributed by atoms with Crippen molar-refractivity contribution in [2.24, 2.45) is 0 Å². The largest absolute Gasteiger partial charge is 0.424 e. The minimum Gasteiger partial charge on any atom is -0.424 e. The number of H-pyrrole nitrogens is 1. The van der Waals surface area contributed by atoms with E-state index in [9.17, 15) is 14.0 Å². The number of amides is 1. The van der Waals surface area contributed by atoms with Crippen LogP contribution in [0.1, 0.15) is 46.3 Å². The summed E-state index contributed by atoms with van der Waals surface area (Å²) in [6.07, 6.45) is 1.50. The summed E-state index contributed by atoms with van der Waals surface area (Å²) in [5, 5.41) is 0.729. The molecule has 0 saturated carbocycles. The number of carbonyl (C=O) groups is 1. The summed E-state index contributed by atoms with van der Waals surface area (Å²) < 4.78 is 24.3. The van der Waals surface area contributed by atoms with Crippen molar-refractivity contribution in [3.63, 3.8) is 0 Å². The van der Waals surface area contributed by atoms with Crippen LogP contribution in [0.3, 0.4) is 0 Å². The van der Waals surface area contributed by atoms with Gasteiger partial charge in [-0.3, -0.25) is 4.79 Å². The molecule has 1 atom stereocenters. The summed E-state index contributed by atoms with van der Waals surface area (Å²) in [4.78, 5) is 29.9. The van der Waals surface area contributed by atoms with Crippen molar-refractivity contribution < 1.29 is 18.3 Å². The Balaban J connectivity index is 1.56. The lowest BCUT2D eigenvalue weighted by atomic mass is 10.1. The first-order valence-corrected chi connectivity index (χ1v) is 9.21. The molecule has 3 aromatic rings. The van der Waals surface area contributed by atoms with E-state index >= 15 is 0 Å². The molecule has 0 aliphatic carbocycles. The topological polar surface area (TPSA) is 75.5 Å². The van der Waals surface area contributed by atoms with Gasteiger partial charge in [0, 0.05) is 30.3 Å². The molecular formula is C21H21FN2O4. The summed E-state index contributed by atoms with van der Waals surface area (Å²) in [6.45, 7) is 2.62. The number of aromatic nitrogens is 1. The minimum atomic E-state index is -0.652. The molecule has 146 valence electrons. The molecule has 0 bridgehead atoms. The average Bonchev–Trinajstić information content (AvgIpc) is 3.29. The van der Waals surface area contributed by atoms with Gasteiger partial charge in [-0.2, -0.15) is 0 Å². The van der Waals surface area contributed by atoms with Crippen LogP contribution in [0, 0.1) is 12.7 Å². The number of aromatic amines is 1. The zero-order valence-electron chi connectivity index (χ0n) is 15.8. The third kappa shape index (κ3) is 3.45. The molecule has 2 aromatic heterocycles. The predicted molar refractivity (Wildman–Crippen MR) is 102 cm³/mol. The van der Waals surface area contributed by atoms with E-state index in [0.29, 0.717) is 17.9 Å². The summed E-state index contributed by atoms with van der Waals surface area (Å²) in [7, 11) is 1.61. The number of aryl methyl sites for hydroxylation is 1. The lowest BCUT2D eigenvalue weighted by Gasteiger charge is -2.17. The average molecular weight is 384 g/mol. The van der Waals surface area contributed by atoms with E-state index in [4.69, 9.17) is 9.15 Å². The van der Waals surface area contributed by atoms with Crippen molar-refractivity contribution in [3.8, 4) is 0 Å². The maximum absolute atomic E-state index is 13.4. The van der Waals surface area contributed by atoms with Crippen LogP contribution in [0.4, 0.5) is 4.39 Å². The Bertz CT molecular complexity index is 1100. The number of fused-ring (bicyclic) bond motifs is 1. The van der Waals surface area contributed by atoms with Crippen molar-refractivity contribution >= 4 is 16.8 Å². The predicted octanol–water partition coefficient (Wildman–Crippen LogP) is 3.69. The van der Waals surface area contributed by atoms with Gasteiger partial charge in [0.1, 0.15) is 23.2 Å². The Morgan fingerprint density at radius 1 is 1.32 bits per heavy atom. The molecule has 1 unspecified atom stereocenters. The fraction of sp³-hybridized carbons (Fsp3) is 0.333. The van der Waals surface area contributed by atoms with E-state index in [-0.39, 0.29) is 24.0 Å². The van der Waals surface area contributed by atoms with Crippen LogP contribution in [-0.4, -0.2) is 29.4 Å². The third-order valence-electron chi connectivity index (χ3n) is 5.02. The number of carbonyl (C=O) groups excluding carboxylic acids is 1. The van der Waals surface area contributed by atoms with Crippen LogP contribution in [0.2, 0.25) is 0 Å². The molecule has 7 heteroatoms. The highest BCUT2D eigenvalue weighted by atomic mass is 19.1. The van der Waals surface area contributed by atoms with E-state index < -0.39 is 11.5 Å². The zero-order chi connectivity index (χ0) is 19.8. The van der Waals surface area contributed by atoms with E-state index in [1.807, 2.05) is 0 Å². The van der Waals surface area contributed by atoms with E-state index in [1.165, 1.54) is 17.0 Å². The van der Waals surface area contributed by atoms with Gasteiger partial charge >= 0.3 is 5.63 Å². The van der Waals surface area contributed by atoms with Gasteiger partial charge in [-0.25, -0.2) is 9.18 Å². The van der Waals surface area contributed by atoms with Gasteiger partial charge in [0.2, 0.25) is 0 Å². The number of rotatable bonds is 4. The van der Waals surface area contributed by atoms with Crippen LogP contribution >= 0.6 is 0 Å². The van der Waals surface area contributed by atoms with Gasteiger partial charge in [-0.15, -0.1) is 0 Å². The Morgan fingerprint density at radius 2 is 2.14 bits per heavy atom. The number of hydrogen-bond donors (Lipinski definition) is 1. The summed E-state index contributed by atoms with van der Waals surface area (Å²) in [5.74, 6) is -0.270. The molecule has 1 aliphatic heterocycles. The van der Waals surface area contributed by atoms with Crippen molar-refractivity contribution in [2.75, 3.05) is 13.7 Å². The number of halogens is 1. The number of hydrogen-bond acceptors (Lipinski definition) is 4. The van der Waals surface area contributed by atoms with Crippen molar-refractivity contribution in [3.05, 3.63) is 69.2 Å². The first kappa shape index (κ1) is 18.4. The lowest BCUT2D eigenvalue weighted by molar-refractivity contribution is 0.0766. The van der Waals surface area contributed by atoms with E-state index in [2.05, 4.69) is 4.98 Å². The fourth-order valence-electron chi connectivity index (χ4n) is 3.62. The lowest BCUT2D eigenvalue weighted by Crippen LogP contribution is -2.31. The minimum absolute atomic E-state index is 0.0198. The SMILES string of the molecule is Cc1cc(C2CCCO2)oc(=O)c1C(=O)N(C)Cc1cc2cc(F)ccc2[nH]1. The van der Waals surface area contributed by atoms with Crippen molar-refractivity contribution in [1.82, 2.24) is 9.88 Å². The Hall–Kier alpha value is -2.93. The quantitative estimate of drug-likeness (QED) is 0.744. The number of ether oxygens (including phenoxy) is 1. The molecule has 1 saturated heterocycles. The normalized spacial score (nSPS) is 16.6. The summed E-state index contributed by atoms with van der Waals surface area (Å²) in [5.41, 5.74) is 1.47. The molecule has 28 heavy (non-hydrogen) atoms. The van der Waals surface area contributed by atoms with Gasteiger partial charge in [0.05, 0.1) is 6.54 Å². The van der Waals surface area contributed by atoms with Gasteiger partial charge in [-0.1, -0.05) is 0 Å². The van der Waals surface area contributed by atoms with Crippen LogP contribution in [-0.2, 0) is 11.3 Å². The molecule has 0 spiro atoms. The van der Waals surface area contributed by atoms with Gasteiger partial charge < -0.3 is 19.0 Å². The highest BCUT2D eigenvalue weighted by Gasteiger charge is 2.25. The number of nitrogens with one attached hydrogen (secondary N) is 1. The second kappa shape index (κ2) is 7.24. The molecule has 1 amide bonds.